The second kappa shape index (κ2) is 22.4. The number of nitrogens with zero attached hydrogens (tertiary/aromatic N) is 3. The van der Waals surface area contributed by atoms with Gasteiger partial charge in [-0.2, -0.15) is 0 Å². The summed E-state index contributed by atoms with van der Waals surface area (Å²) in [5.74, 6) is -5.23. The molecular formula is C44H63F2N7O10. The van der Waals surface area contributed by atoms with E-state index >= 15 is 0 Å². The normalized spacial score (nSPS) is 28.7. The number of cyclic esters (lactones) is 1. The Balaban J connectivity index is 1.25. The number of halogens is 2. The molecule has 1 aliphatic carbocycles. The van der Waals surface area contributed by atoms with Crippen molar-refractivity contribution in [2.75, 3.05) is 39.9 Å². The summed E-state index contributed by atoms with van der Waals surface area (Å²) < 4.78 is 46.3. The number of carbonyl (C=O) groups excluding carboxylic acids is 6. The minimum atomic E-state index is -1.32. The summed E-state index contributed by atoms with van der Waals surface area (Å²) in [6, 6.07) is -3.65. The van der Waals surface area contributed by atoms with E-state index < -0.39 is 109 Å². The third kappa shape index (κ3) is 12.8. The van der Waals surface area contributed by atoms with Crippen molar-refractivity contribution in [3.8, 4) is 0 Å². The van der Waals surface area contributed by atoms with Crippen LogP contribution >= 0.6 is 0 Å². The SMILES string of the molecule is C[C@@H]1NC(=O)C(COC(O)CCCCN)N(C)C(=O)[C@@H]2CCCN2C2OC2[C@@H](NC(=O)[C@H](Cc2cc(F)cc(F)c2)NC(=O)/C=C/C2CCCCC2)COC(=O)[C@@H]2CCCN2C1=O. The number of amides is 5. The Morgan fingerprint density at radius 1 is 0.984 bits per heavy atom. The Bertz CT molecular complexity index is 1810. The molecule has 4 aliphatic heterocycles. The highest BCUT2D eigenvalue weighted by Gasteiger charge is 2.55. The molecule has 9 atom stereocenters. The number of hydrogen-bond donors (Lipinski definition) is 5. The Morgan fingerprint density at radius 2 is 1.70 bits per heavy atom. The molecular weight excluding hydrogens is 825 g/mol. The van der Waals surface area contributed by atoms with Gasteiger partial charge >= 0.3 is 5.97 Å². The van der Waals surface area contributed by atoms with E-state index in [-0.39, 0.29) is 43.9 Å². The summed E-state index contributed by atoms with van der Waals surface area (Å²) >= 11 is 0. The molecule has 17 nitrogen and oxygen atoms in total. The molecule has 6 N–H and O–H groups in total. The molecule has 4 heterocycles. The number of epoxide rings is 1. The molecule has 0 spiro atoms. The molecule has 5 fully saturated rings. The predicted molar refractivity (Wildman–Crippen MR) is 223 cm³/mol. The maximum atomic E-state index is 14.3. The quantitative estimate of drug-likeness (QED) is 0.0584. The number of likely N-dealkylation sites (N-methyl/N-ethyl adjacent to an activating group) is 1. The number of allylic oxidation sites excluding steroid dienone is 1. The van der Waals surface area contributed by atoms with E-state index in [0.717, 1.165) is 44.2 Å². The largest absolute Gasteiger partial charge is 0.462 e. The average molecular weight is 888 g/mol. The summed E-state index contributed by atoms with van der Waals surface area (Å²) in [5, 5.41) is 18.8. The van der Waals surface area contributed by atoms with Gasteiger partial charge in [-0.3, -0.25) is 28.9 Å². The molecule has 5 aliphatic rings. The maximum absolute atomic E-state index is 14.3. The second-order valence-electron chi connectivity index (χ2n) is 17.4. The number of nitrogens with one attached hydrogen (secondary N) is 3. The van der Waals surface area contributed by atoms with Gasteiger partial charge in [-0.1, -0.05) is 25.3 Å². The smallest absolute Gasteiger partial charge is 0.328 e. The molecule has 1 aromatic carbocycles. The molecule has 6 rings (SSSR count). The zero-order valence-electron chi connectivity index (χ0n) is 36.2. The van der Waals surface area contributed by atoms with Crippen molar-refractivity contribution in [1.82, 2.24) is 30.7 Å². The van der Waals surface area contributed by atoms with E-state index in [1.165, 1.54) is 29.8 Å². The van der Waals surface area contributed by atoms with Crippen molar-refractivity contribution >= 4 is 35.5 Å². The molecule has 0 bridgehead atoms. The Hall–Kier alpha value is -4.56. The van der Waals surface area contributed by atoms with E-state index in [0.29, 0.717) is 51.3 Å². The van der Waals surface area contributed by atoms with Crippen LogP contribution in [0.1, 0.15) is 89.5 Å². The zero-order valence-corrected chi connectivity index (χ0v) is 36.2. The summed E-state index contributed by atoms with van der Waals surface area (Å²) in [7, 11) is 1.45. The average Bonchev–Trinajstić information content (AvgIpc) is 3.61. The first-order chi connectivity index (χ1) is 30.2. The van der Waals surface area contributed by atoms with Crippen LogP contribution in [0.3, 0.4) is 0 Å². The van der Waals surface area contributed by atoms with E-state index in [1.807, 2.05) is 11.0 Å². The Morgan fingerprint density at radius 3 is 2.43 bits per heavy atom. The number of carbonyl (C=O) groups is 6. The van der Waals surface area contributed by atoms with Crippen LogP contribution in [0.5, 0.6) is 0 Å². The Labute approximate surface area is 366 Å². The summed E-state index contributed by atoms with van der Waals surface area (Å²) in [5.41, 5.74) is 5.70. The van der Waals surface area contributed by atoms with E-state index in [1.54, 1.807) is 0 Å². The van der Waals surface area contributed by atoms with Crippen molar-refractivity contribution in [2.45, 2.75) is 145 Å². The molecule has 0 aromatic heterocycles. The first kappa shape index (κ1) is 47.9. The van der Waals surface area contributed by atoms with Crippen LogP contribution in [-0.4, -0.2) is 150 Å². The van der Waals surface area contributed by atoms with Gasteiger partial charge in [0.2, 0.25) is 29.5 Å². The number of aliphatic hydroxyl groups excluding tert-OH is 1. The monoisotopic (exact) mass is 887 g/mol. The second-order valence-corrected chi connectivity index (χ2v) is 17.4. The number of fused-ring (bicyclic) bond motifs is 4. The first-order valence-corrected chi connectivity index (χ1v) is 22.4. The van der Waals surface area contributed by atoms with Gasteiger partial charge < -0.3 is 50.8 Å². The Kier molecular flexibility index (Phi) is 17.0. The van der Waals surface area contributed by atoms with Gasteiger partial charge in [-0.25, -0.2) is 13.6 Å². The zero-order chi connectivity index (χ0) is 45.2. The van der Waals surface area contributed by atoms with Gasteiger partial charge in [0.25, 0.3) is 0 Å². The fourth-order valence-electron chi connectivity index (χ4n) is 9.15. The third-order valence-corrected chi connectivity index (χ3v) is 12.7. The highest BCUT2D eigenvalue weighted by atomic mass is 19.1. The third-order valence-electron chi connectivity index (χ3n) is 12.7. The van der Waals surface area contributed by atoms with Crippen LogP contribution in [0.25, 0.3) is 0 Å². The van der Waals surface area contributed by atoms with Gasteiger partial charge in [0, 0.05) is 32.6 Å². The van der Waals surface area contributed by atoms with E-state index in [4.69, 9.17) is 19.9 Å². The van der Waals surface area contributed by atoms with Gasteiger partial charge in [0.05, 0.1) is 18.7 Å². The molecule has 4 saturated heterocycles. The lowest BCUT2D eigenvalue weighted by molar-refractivity contribution is -0.156. The minimum Gasteiger partial charge on any atom is -0.462 e. The van der Waals surface area contributed by atoms with E-state index in [9.17, 15) is 42.7 Å². The molecule has 0 radical (unpaired) electrons. The number of esters is 1. The fourth-order valence-corrected chi connectivity index (χ4v) is 9.15. The van der Waals surface area contributed by atoms with Crippen LogP contribution in [0.2, 0.25) is 0 Å². The summed E-state index contributed by atoms with van der Waals surface area (Å²) in [6.07, 6.45) is 8.46. The number of benzene rings is 1. The van der Waals surface area contributed by atoms with E-state index in [2.05, 4.69) is 16.0 Å². The maximum Gasteiger partial charge on any atom is 0.328 e. The van der Waals surface area contributed by atoms with Crippen molar-refractivity contribution in [3.63, 3.8) is 0 Å². The molecule has 1 aromatic rings. The molecule has 1 saturated carbocycles. The number of hydrogen-bond acceptors (Lipinski definition) is 12. The highest BCUT2D eigenvalue weighted by molar-refractivity contribution is 5.95. The van der Waals surface area contributed by atoms with Gasteiger partial charge in [-0.05, 0) is 101 Å². The lowest BCUT2D eigenvalue weighted by atomic mass is 9.89. The highest BCUT2D eigenvalue weighted by Crippen LogP contribution is 2.36. The first-order valence-electron chi connectivity index (χ1n) is 22.4. The number of rotatable bonds is 14. The van der Waals surface area contributed by atoms with Crippen LogP contribution in [0.4, 0.5) is 8.78 Å². The van der Waals surface area contributed by atoms with Gasteiger partial charge in [0.15, 0.2) is 6.29 Å². The lowest BCUT2D eigenvalue weighted by Gasteiger charge is -2.33. The number of unbranched alkanes of at least 4 members (excludes halogenated alkanes) is 1. The van der Waals surface area contributed by atoms with Crippen LogP contribution < -0.4 is 21.7 Å². The molecule has 63 heavy (non-hydrogen) atoms. The van der Waals surface area contributed by atoms with Crippen molar-refractivity contribution in [2.24, 2.45) is 11.7 Å². The van der Waals surface area contributed by atoms with Crippen molar-refractivity contribution in [3.05, 3.63) is 47.5 Å². The summed E-state index contributed by atoms with van der Waals surface area (Å²) in [4.78, 5) is 87.7. The lowest BCUT2D eigenvalue weighted by Crippen LogP contribution is -2.58. The fraction of sp³-hybridized carbons (Fsp3) is 0.682. The molecule has 5 amide bonds. The number of ether oxygens (including phenoxy) is 3. The van der Waals surface area contributed by atoms with Crippen molar-refractivity contribution in [1.29, 1.82) is 0 Å². The van der Waals surface area contributed by atoms with Gasteiger partial charge in [-0.15, -0.1) is 0 Å². The summed E-state index contributed by atoms with van der Waals surface area (Å²) in [6.45, 7) is 1.75. The van der Waals surface area contributed by atoms with Gasteiger partial charge in [0.1, 0.15) is 54.7 Å². The standard InChI is InChI=1S/C44H63F2N7O10/c1-26-41(58)52-18-9-13-34(52)44(60)62-24-32(50-39(56)31(22-28-20-29(45)23-30(46)21-28)49-36(54)16-15-27-10-4-3-5-11-27)38-43(63-38)53-19-8-12-33(53)42(59)51(2)35(40(57)48-26)25-61-37(55)14-6-7-17-47/h15-16,20-21,23,26-27,31-35,37-38,43,55H,3-14,17-19,22,24-25,47H2,1-2H3,(H,48,57)(H,49,54)(H,50,56)/b16-15+/t26-,31-,32-,33-,34-,35?,37?,38?,43?/m0/s1. The number of aliphatic hydroxyl groups is 1. The van der Waals surface area contributed by atoms with Crippen LogP contribution in [0, 0.1) is 17.6 Å². The molecule has 348 valence electrons. The van der Waals surface area contributed by atoms with Crippen LogP contribution in [-0.2, 0) is 49.4 Å². The molecule has 19 heteroatoms. The van der Waals surface area contributed by atoms with Crippen LogP contribution in [0.15, 0.2) is 30.4 Å². The molecule has 4 unspecified atom stereocenters. The predicted octanol–water partition coefficient (Wildman–Crippen LogP) is 1.15. The van der Waals surface area contributed by atoms with Crippen molar-refractivity contribution < 1.29 is 56.9 Å². The number of nitrogens with two attached hydrogens (primary N) is 1. The topological polar surface area (TPSA) is 225 Å². The minimum absolute atomic E-state index is 0.116.